The van der Waals surface area contributed by atoms with E-state index in [4.69, 9.17) is 5.73 Å². The first-order valence-electron chi connectivity index (χ1n) is 4.03. The third-order valence-corrected chi connectivity index (χ3v) is 1.99. The van der Waals surface area contributed by atoms with E-state index in [-0.39, 0.29) is 18.0 Å². The number of carbonyl (C=O) groups is 1. The molecule has 0 aromatic heterocycles. The van der Waals surface area contributed by atoms with E-state index in [1.165, 1.54) is 0 Å². The van der Waals surface area contributed by atoms with Crippen LogP contribution in [-0.2, 0) is 4.79 Å². The van der Waals surface area contributed by atoms with E-state index in [0.717, 1.165) is 6.42 Å². The molecule has 0 saturated carbocycles. The zero-order chi connectivity index (χ0) is 9.02. The van der Waals surface area contributed by atoms with Gasteiger partial charge in [-0.25, -0.2) is 0 Å². The van der Waals surface area contributed by atoms with Crippen LogP contribution in [0.5, 0.6) is 0 Å². The van der Waals surface area contributed by atoms with Crippen LogP contribution in [0.15, 0.2) is 0 Å². The zero-order valence-electron chi connectivity index (χ0n) is 7.79. The molecule has 0 aromatic carbocycles. The Balaban J connectivity index is 4.02. The maximum Gasteiger partial charge on any atom is 0.239 e. The van der Waals surface area contributed by atoms with Crippen molar-refractivity contribution in [2.75, 3.05) is 7.05 Å². The minimum Gasteiger partial charge on any atom is -0.342 e. The maximum atomic E-state index is 11.2. The summed E-state index contributed by atoms with van der Waals surface area (Å²) in [6.45, 7) is 5.77. The van der Waals surface area contributed by atoms with Crippen LogP contribution in [-0.4, -0.2) is 29.9 Å². The fraction of sp³-hybridized carbons (Fsp3) is 0.875. The number of rotatable bonds is 3. The lowest BCUT2D eigenvalue weighted by Gasteiger charge is -2.25. The fourth-order valence-electron chi connectivity index (χ4n) is 0.812. The van der Waals surface area contributed by atoms with Gasteiger partial charge in [0.05, 0.1) is 6.04 Å². The molecule has 0 aliphatic carbocycles. The Hall–Kier alpha value is -0.570. The highest BCUT2D eigenvalue weighted by Crippen LogP contribution is 2.01. The minimum atomic E-state index is -0.381. The molecule has 1 amide bonds. The van der Waals surface area contributed by atoms with E-state index in [9.17, 15) is 4.79 Å². The van der Waals surface area contributed by atoms with E-state index >= 15 is 0 Å². The van der Waals surface area contributed by atoms with Gasteiger partial charge >= 0.3 is 0 Å². The van der Waals surface area contributed by atoms with E-state index < -0.39 is 0 Å². The van der Waals surface area contributed by atoms with Gasteiger partial charge in [0.15, 0.2) is 0 Å². The van der Waals surface area contributed by atoms with Crippen LogP contribution < -0.4 is 5.73 Å². The predicted octanol–water partition coefficient (Wildman–Crippen LogP) is 0.591. The number of carbonyl (C=O) groups excluding carboxylic acids is 1. The third-order valence-electron chi connectivity index (χ3n) is 1.99. The van der Waals surface area contributed by atoms with Gasteiger partial charge < -0.3 is 10.6 Å². The van der Waals surface area contributed by atoms with Crippen LogP contribution in [0.3, 0.4) is 0 Å². The van der Waals surface area contributed by atoms with Crippen LogP contribution in [0.2, 0.25) is 0 Å². The quantitative estimate of drug-likeness (QED) is 0.653. The molecule has 66 valence electrons. The average molecular weight is 158 g/mol. The monoisotopic (exact) mass is 158 g/mol. The number of hydrogen-bond donors (Lipinski definition) is 1. The second-order valence-electron chi connectivity index (χ2n) is 3.00. The highest BCUT2D eigenvalue weighted by molar-refractivity contribution is 5.81. The van der Waals surface area contributed by atoms with Crippen molar-refractivity contribution >= 4 is 5.91 Å². The van der Waals surface area contributed by atoms with Crippen molar-refractivity contribution in [1.29, 1.82) is 0 Å². The lowest BCUT2D eigenvalue weighted by atomic mass is 10.2. The molecule has 0 aliphatic heterocycles. The zero-order valence-corrected chi connectivity index (χ0v) is 7.79. The summed E-state index contributed by atoms with van der Waals surface area (Å²) in [6.07, 6.45) is 0.967. The summed E-state index contributed by atoms with van der Waals surface area (Å²) in [5, 5.41) is 0. The Labute approximate surface area is 68.6 Å². The topological polar surface area (TPSA) is 46.3 Å². The molecule has 1 unspecified atom stereocenters. The van der Waals surface area contributed by atoms with Gasteiger partial charge in [0.1, 0.15) is 0 Å². The molecule has 2 atom stereocenters. The first kappa shape index (κ1) is 10.4. The molecular formula is C8H18N2O. The van der Waals surface area contributed by atoms with E-state index in [0.29, 0.717) is 0 Å². The van der Waals surface area contributed by atoms with E-state index in [1.54, 1.807) is 18.9 Å². The Morgan fingerprint density at radius 3 is 2.27 bits per heavy atom. The van der Waals surface area contributed by atoms with Crippen LogP contribution in [0.1, 0.15) is 27.2 Å². The predicted molar refractivity (Wildman–Crippen MR) is 46.2 cm³/mol. The molecule has 0 aromatic rings. The minimum absolute atomic E-state index is 0.0133. The van der Waals surface area contributed by atoms with Gasteiger partial charge in [0, 0.05) is 13.1 Å². The van der Waals surface area contributed by atoms with Crippen molar-refractivity contribution in [1.82, 2.24) is 4.90 Å². The molecule has 3 nitrogen and oxygen atoms in total. The molecule has 0 spiro atoms. The fourth-order valence-corrected chi connectivity index (χ4v) is 0.812. The van der Waals surface area contributed by atoms with Crippen molar-refractivity contribution in [3.05, 3.63) is 0 Å². The van der Waals surface area contributed by atoms with Crippen LogP contribution in [0.25, 0.3) is 0 Å². The van der Waals surface area contributed by atoms with Gasteiger partial charge in [0.25, 0.3) is 0 Å². The van der Waals surface area contributed by atoms with Gasteiger partial charge in [-0.05, 0) is 20.3 Å². The van der Waals surface area contributed by atoms with Crippen molar-refractivity contribution in [2.24, 2.45) is 5.73 Å². The smallest absolute Gasteiger partial charge is 0.239 e. The number of nitrogens with two attached hydrogens (primary N) is 1. The lowest BCUT2D eigenvalue weighted by molar-refractivity contribution is -0.132. The molecule has 0 saturated heterocycles. The Morgan fingerprint density at radius 2 is 2.00 bits per heavy atom. The third kappa shape index (κ3) is 2.89. The second-order valence-corrected chi connectivity index (χ2v) is 3.00. The first-order valence-corrected chi connectivity index (χ1v) is 4.03. The second kappa shape index (κ2) is 4.34. The normalized spacial score (nSPS) is 15.7. The van der Waals surface area contributed by atoms with Gasteiger partial charge in [-0.1, -0.05) is 6.92 Å². The largest absolute Gasteiger partial charge is 0.342 e. The summed E-state index contributed by atoms with van der Waals surface area (Å²) >= 11 is 0. The number of hydrogen-bond acceptors (Lipinski definition) is 2. The van der Waals surface area contributed by atoms with Gasteiger partial charge in [-0.2, -0.15) is 0 Å². The molecule has 0 radical (unpaired) electrons. The molecule has 0 fully saturated rings. The lowest BCUT2D eigenvalue weighted by Crippen LogP contribution is -2.43. The van der Waals surface area contributed by atoms with Crippen molar-refractivity contribution in [2.45, 2.75) is 39.3 Å². The average Bonchev–Trinajstić information content (AvgIpc) is 2.00. The number of amides is 1. The van der Waals surface area contributed by atoms with Crippen molar-refractivity contribution < 1.29 is 4.79 Å². The van der Waals surface area contributed by atoms with E-state index in [1.807, 2.05) is 6.92 Å². The summed E-state index contributed by atoms with van der Waals surface area (Å²) in [7, 11) is 1.79. The summed E-state index contributed by atoms with van der Waals surface area (Å²) < 4.78 is 0. The Morgan fingerprint density at radius 1 is 1.55 bits per heavy atom. The highest BCUT2D eigenvalue weighted by atomic mass is 16.2. The molecule has 3 heteroatoms. The molecule has 0 heterocycles. The van der Waals surface area contributed by atoms with Crippen molar-refractivity contribution in [3.63, 3.8) is 0 Å². The van der Waals surface area contributed by atoms with Gasteiger partial charge in [0.2, 0.25) is 5.91 Å². The van der Waals surface area contributed by atoms with Gasteiger partial charge in [-0.3, -0.25) is 4.79 Å². The summed E-state index contributed by atoms with van der Waals surface area (Å²) in [5.41, 5.74) is 5.44. The Bertz CT molecular complexity index is 134. The molecular weight excluding hydrogens is 140 g/mol. The van der Waals surface area contributed by atoms with Crippen LogP contribution in [0, 0.1) is 0 Å². The van der Waals surface area contributed by atoms with Crippen LogP contribution >= 0.6 is 0 Å². The van der Waals surface area contributed by atoms with Crippen LogP contribution in [0.4, 0.5) is 0 Å². The van der Waals surface area contributed by atoms with E-state index in [2.05, 4.69) is 6.92 Å². The molecule has 0 aliphatic rings. The van der Waals surface area contributed by atoms with Gasteiger partial charge in [-0.15, -0.1) is 0 Å². The summed E-state index contributed by atoms with van der Waals surface area (Å²) in [5.74, 6) is 0.0133. The Kier molecular flexibility index (Phi) is 4.11. The summed E-state index contributed by atoms with van der Waals surface area (Å²) in [4.78, 5) is 12.9. The molecule has 11 heavy (non-hydrogen) atoms. The number of likely N-dealkylation sites (N-methyl/N-ethyl adjacent to an activating group) is 1. The standard InChI is InChI=1S/C8H18N2O/c1-5-6(2)10(4)8(11)7(3)9/h6-7H,5,9H2,1-4H3/t6?,7-/m1/s1. The molecule has 2 N–H and O–H groups in total. The maximum absolute atomic E-state index is 11.2. The molecule has 0 rings (SSSR count). The highest BCUT2D eigenvalue weighted by Gasteiger charge is 2.16. The van der Waals surface area contributed by atoms with Crippen molar-refractivity contribution in [3.8, 4) is 0 Å². The number of nitrogens with zero attached hydrogens (tertiary/aromatic N) is 1. The summed E-state index contributed by atoms with van der Waals surface area (Å²) in [6, 6.07) is -0.0949. The first-order chi connectivity index (χ1) is 5.00. The molecule has 0 bridgehead atoms. The SMILES string of the molecule is CCC(C)N(C)C(=O)[C@@H](C)N.